The van der Waals surface area contributed by atoms with Crippen molar-refractivity contribution in [1.29, 1.82) is 0 Å². The molecule has 3 aromatic rings. The van der Waals surface area contributed by atoms with Crippen LogP contribution < -0.4 is 18.9 Å². The Labute approximate surface area is 150 Å². The van der Waals surface area contributed by atoms with Crippen LogP contribution in [0.2, 0.25) is 0 Å². The molecule has 130 valence electrons. The van der Waals surface area contributed by atoms with Gasteiger partial charge in [-0.2, -0.15) is 0 Å². The molecule has 5 nitrogen and oxygen atoms in total. The van der Waals surface area contributed by atoms with E-state index in [-0.39, 0.29) is 12.2 Å². The summed E-state index contributed by atoms with van der Waals surface area (Å²) in [6.45, 7) is 0. The average Bonchev–Trinajstić information content (AvgIpc) is 2.93. The van der Waals surface area contributed by atoms with Gasteiger partial charge in [-0.15, -0.1) is 0 Å². The summed E-state index contributed by atoms with van der Waals surface area (Å²) in [5.41, 5.74) is 1.04. The highest BCUT2D eigenvalue weighted by atomic mass is 16.7. The fourth-order valence-electron chi connectivity index (χ4n) is 3.94. The molecule has 0 fully saturated rings. The molecule has 1 aliphatic carbocycles. The van der Waals surface area contributed by atoms with Gasteiger partial charge in [-0.1, -0.05) is 24.3 Å². The van der Waals surface area contributed by atoms with E-state index in [1.165, 1.54) is 0 Å². The van der Waals surface area contributed by atoms with E-state index >= 15 is 0 Å². The van der Waals surface area contributed by atoms with Crippen molar-refractivity contribution in [2.24, 2.45) is 0 Å². The number of rotatable bonds is 2. The highest BCUT2D eigenvalue weighted by molar-refractivity contribution is 6.05. The van der Waals surface area contributed by atoms with Crippen LogP contribution in [0.4, 0.5) is 0 Å². The third-order valence-corrected chi connectivity index (χ3v) is 5.00. The quantitative estimate of drug-likeness (QED) is 0.699. The molecule has 1 aliphatic heterocycles. The standard InChI is InChI=1S/C21H16O5/c1-23-14-9-10-17(24-2)20-19(14)13(22)11-21(20)25-15-7-3-5-12-6-4-8-16(26-21)18(12)15/h3-10H,11H2,1-2H3. The zero-order valence-corrected chi connectivity index (χ0v) is 14.4. The van der Waals surface area contributed by atoms with Crippen molar-refractivity contribution in [2.75, 3.05) is 14.2 Å². The molecule has 0 aromatic heterocycles. The number of ketones is 1. The van der Waals surface area contributed by atoms with Gasteiger partial charge in [0.1, 0.15) is 23.0 Å². The van der Waals surface area contributed by atoms with E-state index in [2.05, 4.69) is 0 Å². The number of ether oxygens (including phenoxy) is 4. The summed E-state index contributed by atoms with van der Waals surface area (Å²) < 4.78 is 23.6. The van der Waals surface area contributed by atoms with Crippen molar-refractivity contribution in [1.82, 2.24) is 0 Å². The van der Waals surface area contributed by atoms with Gasteiger partial charge in [0.05, 0.1) is 37.2 Å². The predicted octanol–water partition coefficient (Wildman–Crippen LogP) is 4.07. The molecule has 26 heavy (non-hydrogen) atoms. The monoisotopic (exact) mass is 348 g/mol. The molecule has 3 aromatic carbocycles. The summed E-state index contributed by atoms with van der Waals surface area (Å²) >= 11 is 0. The third kappa shape index (κ3) is 1.83. The highest BCUT2D eigenvalue weighted by Gasteiger charge is 2.54. The van der Waals surface area contributed by atoms with Gasteiger partial charge in [-0.05, 0) is 29.7 Å². The van der Waals surface area contributed by atoms with Crippen LogP contribution in [0.25, 0.3) is 10.8 Å². The van der Waals surface area contributed by atoms with Crippen LogP contribution in [0.3, 0.4) is 0 Å². The molecule has 0 bridgehead atoms. The van der Waals surface area contributed by atoms with E-state index in [0.29, 0.717) is 34.1 Å². The molecule has 0 unspecified atom stereocenters. The summed E-state index contributed by atoms with van der Waals surface area (Å²) in [4.78, 5) is 12.8. The van der Waals surface area contributed by atoms with Gasteiger partial charge < -0.3 is 18.9 Å². The van der Waals surface area contributed by atoms with Crippen LogP contribution in [-0.2, 0) is 5.79 Å². The van der Waals surface area contributed by atoms with Crippen LogP contribution in [-0.4, -0.2) is 20.0 Å². The molecule has 0 atom stereocenters. The van der Waals surface area contributed by atoms with Crippen molar-refractivity contribution in [3.05, 3.63) is 59.7 Å². The largest absolute Gasteiger partial charge is 0.496 e. The summed E-state index contributed by atoms with van der Waals surface area (Å²) in [7, 11) is 3.11. The van der Waals surface area contributed by atoms with Crippen LogP contribution in [0.5, 0.6) is 23.0 Å². The Morgan fingerprint density at radius 1 is 0.885 bits per heavy atom. The second kappa shape index (κ2) is 5.14. The number of carbonyl (C=O) groups excluding carboxylic acids is 1. The normalized spacial score (nSPS) is 16.2. The van der Waals surface area contributed by atoms with Gasteiger partial charge >= 0.3 is 0 Å². The fraction of sp³-hybridized carbons (Fsp3) is 0.190. The van der Waals surface area contributed by atoms with Crippen LogP contribution in [0, 0.1) is 0 Å². The molecular weight excluding hydrogens is 332 g/mol. The Kier molecular flexibility index (Phi) is 2.98. The van der Waals surface area contributed by atoms with Crippen molar-refractivity contribution in [2.45, 2.75) is 12.2 Å². The Morgan fingerprint density at radius 2 is 1.50 bits per heavy atom. The number of fused-ring (bicyclic) bond motifs is 2. The smallest absolute Gasteiger partial charge is 0.289 e. The zero-order chi connectivity index (χ0) is 17.9. The van der Waals surface area contributed by atoms with E-state index in [4.69, 9.17) is 18.9 Å². The first-order chi connectivity index (χ1) is 12.7. The average molecular weight is 348 g/mol. The van der Waals surface area contributed by atoms with Crippen molar-refractivity contribution in [3.8, 4) is 23.0 Å². The molecule has 1 spiro atoms. The first-order valence-electron chi connectivity index (χ1n) is 8.35. The Balaban J connectivity index is 1.78. The summed E-state index contributed by atoms with van der Waals surface area (Å²) in [6, 6.07) is 15.2. The lowest BCUT2D eigenvalue weighted by molar-refractivity contribution is -0.120. The predicted molar refractivity (Wildman–Crippen MR) is 95.4 cm³/mol. The highest BCUT2D eigenvalue weighted by Crippen LogP contribution is 2.53. The second-order valence-electron chi connectivity index (χ2n) is 6.39. The molecule has 5 rings (SSSR count). The minimum absolute atomic E-state index is 0.0593. The van der Waals surface area contributed by atoms with E-state index in [0.717, 1.165) is 10.8 Å². The van der Waals surface area contributed by atoms with Crippen LogP contribution in [0.15, 0.2) is 48.5 Å². The lowest BCUT2D eigenvalue weighted by Crippen LogP contribution is -2.40. The second-order valence-corrected chi connectivity index (χ2v) is 6.39. The molecular formula is C21H16O5. The van der Waals surface area contributed by atoms with E-state index in [1.807, 2.05) is 36.4 Å². The van der Waals surface area contributed by atoms with Crippen molar-refractivity contribution < 1.29 is 23.7 Å². The number of hydrogen-bond donors (Lipinski definition) is 0. The van der Waals surface area contributed by atoms with Crippen LogP contribution in [0.1, 0.15) is 22.3 Å². The summed E-state index contributed by atoms with van der Waals surface area (Å²) in [5, 5.41) is 1.93. The van der Waals surface area contributed by atoms with E-state index in [9.17, 15) is 4.79 Å². The summed E-state index contributed by atoms with van der Waals surface area (Å²) in [6.07, 6.45) is 0.0593. The Hall–Kier alpha value is -3.21. The fourth-order valence-corrected chi connectivity index (χ4v) is 3.94. The molecule has 0 saturated heterocycles. The number of Topliss-reactive ketones (excluding diaryl/α,β-unsaturated/α-hetero) is 1. The van der Waals surface area contributed by atoms with Gasteiger partial charge in [0.25, 0.3) is 5.79 Å². The minimum atomic E-state index is -1.26. The number of methoxy groups -OCH3 is 2. The van der Waals surface area contributed by atoms with Gasteiger partial charge in [0.15, 0.2) is 5.78 Å². The Bertz CT molecular complexity index is 1030. The molecule has 0 saturated carbocycles. The van der Waals surface area contributed by atoms with E-state index < -0.39 is 5.79 Å². The van der Waals surface area contributed by atoms with Crippen LogP contribution >= 0.6 is 0 Å². The SMILES string of the molecule is COc1ccc(OC)c2c1C(=O)CC21Oc2cccc3cccc(c23)O1. The van der Waals surface area contributed by atoms with Gasteiger partial charge in [-0.3, -0.25) is 4.79 Å². The maximum atomic E-state index is 12.8. The molecule has 0 radical (unpaired) electrons. The van der Waals surface area contributed by atoms with Gasteiger partial charge in [0, 0.05) is 0 Å². The third-order valence-electron chi connectivity index (χ3n) is 5.00. The molecule has 0 amide bonds. The molecule has 1 heterocycles. The number of benzene rings is 3. The first-order valence-corrected chi connectivity index (χ1v) is 8.35. The number of hydrogen-bond acceptors (Lipinski definition) is 5. The maximum absolute atomic E-state index is 12.8. The maximum Gasteiger partial charge on any atom is 0.289 e. The number of carbonyl (C=O) groups is 1. The molecule has 2 aliphatic rings. The Morgan fingerprint density at radius 3 is 2.12 bits per heavy atom. The van der Waals surface area contributed by atoms with Gasteiger partial charge in [-0.25, -0.2) is 0 Å². The topological polar surface area (TPSA) is 54.0 Å². The minimum Gasteiger partial charge on any atom is -0.496 e. The van der Waals surface area contributed by atoms with Crippen molar-refractivity contribution >= 4 is 16.6 Å². The summed E-state index contributed by atoms with van der Waals surface area (Å²) in [5.74, 6) is 1.06. The zero-order valence-electron chi connectivity index (χ0n) is 14.4. The molecule has 5 heteroatoms. The lowest BCUT2D eigenvalue weighted by atomic mass is 10.0. The molecule has 0 N–H and O–H groups in total. The van der Waals surface area contributed by atoms with Gasteiger partial charge in [0.2, 0.25) is 0 Å². The lowest BCUT2D eigenvalue weighted by Gasteiger charge is -2.36. The van der Waals surface area contributed by atoms with E-state index in [1.54, 1.807) is 26.4 Å². The first kappa shape index (κ1) is 15.1. The van der Waals surface area contributed by atoms with Crippen molar-refractivity contribution in [3.63, 3.8) is 0 Å².